The first-order valence-corrected chi connectivity index (χ1v) is 6.74. The Morgan fingerprint density at radius 2 is 2.21 bits per heavy atom. The van der Waals surface area contributed by atoms with Gasteiger partial charge in [-0.3, -0.25) is 0 Å². The van der Waals surface area contributed by atoms with Gasteiger partial charge in [-0.05, 0) is 47.5 Å². The molecule has 0 saturated carbocycles. The van der Waals surface area contributed by atoms with Crippen molar-refractivity contribution in [2.75, 3.05) is 7.11 Å². The smallest absolute Gasteiger partial charge is 0.258 e. The third kappa shape index (κ3) is 2.79. The molecule has 19 heavy (non-hydrogen) atoms. The number of ether oxygens (including phenoxy) is 1. The molecular formula is C13H16BrN3O2. The van der Waals surface area contributed by atoms with Gasteiger partial charge in [0.25, 0.3) is 5.89 Å². The Labute approximate surface area is 120 Å². The van der Waals surface area contributed by atoms with Gasteiger partial charge in [-0.15, -0.1) is 0 Å². The molecule has 0 amide bonds. The van der Waals surface area contributed by atoms with Crippen molar-refractivity contribution < 1.29 is 9.26 Å². The molecule has 0 bridgehead atoms. The van der Waals surface area contributed by atoms with Crippen LogP contribution in [0.2, 0.25) is 0 Å². The van der Waals surface area contributed by atoms with E-state index >= 15 is 0 Å². The van der Waals surface area contributed by atoms with E-state index in [9.17, 15) is 0 Å². The summed E-state index contributed by atoms with van der Waals surface area (Å²) in [5, 5.41) is 3.95. The zero-order valence-electron chi connectivity index (χ0n) is 11.1. The van der Waals surface area contributed by atoms with Crippen LogP contribution in [0, 0.1) is 0 Å². The summed E-state index contributed by atoms with van der Waals surface area (Å²) in [4.78, 5) is 4.36. The molecule has 1 heterocycles. The Balaban J connectivity index is 2.36. The number of nitrogens with zero attached hydrogens (tertiary/aromatic N) is 2. The second kappa shape index (κ2) is 5.30. The number of benzene rings is 1. The van der Waals surface area contributed by atoms with E-state index in [-0.39, 0.29) is 0 Å². The van der Waals surface area contributed by atoms with Crippen LogP contribution in [0.5, 0.6) is 5.75 Å². The molecule has 0 fully saturated rings. The van der Waals surface area contributed by atoms with Gasteiger partial charge in [0, 0.05) is 5.56 Å². The van der Waals surface area contributed by atoms with Crippen LogP contribution in [0.1, 0.15) is 26.1 Å². The monoisotopic (exact) mass is 325 g/mol. The first-order chi connectivity index (χ1) is 8.97. The lowest BCUT2D eigenvalue weighted by Crippen LogP contribution is -2.33. The summed E-state index contributed by atoms with van der Waals surface area (Å²) in [6.07, 6.45) is 0.734. The fourth-order valence-electron chi connectivity index (χ4n) is 1.53. The maximum absolute atomic E-state index is 6.09. The fourth-order valence-corrected chi connectivity index (χ4v) is 2.07. The summed E-state index contributed by atoms with van der Waals surface area (Å²) in [7, 11) is 1.62. The van der Waals surface area contributed by atoms with Crippen molar-refractivity contribution in [2.24, 2.45) is 5.73 Å². The molecule has 1 unspecified atom stereocenters. The summed E-state index contributed by atoms with van der Waals surface area (Å²) in [6, 6.07) is 5.57. The Kier molecular flexibility index (Phi) is 3.91. The van der Waals surface area contributed by atoms with Crippen molar-refractivity contribution in [1.29, 1.82) is 0 Å². The molecule has 1 atom stereocenters. The van der Waals surface area contributed by atoms with E-state index in [1.807, 2.05) is 32.0 Å². The van der Waals surface area contributed by atoms with Gasteiger partial charge in [-0.2, -0.15) is 4.98 Å². The summed E-state index contributed by atoms with van der Waals surface area (Å²) in [5.74, 6) is 1.71. The van der Waals surface area contributed by atoms with Crippen LogP contribution in [-0.4, -0.2) is 17.3 Å². The summed E-state index contributed by atoms with van der Waals surface area (Å²) >= 11 is 3.43. The molecule has 1 aromatic carbocycles. The minimum absolute atomic E-state index is 0.448. The highest BCUT2D eigenvalue weighted by molar-refractivity contribution is 9.10. The van der Waals surface area contributed by atoms with E-state index in [1.54, 1.807) is 7.11 Å². The maximum Gasteiger partial charge on any atom is 0.258 e. The maximum atomic E-state index is 6.09. The minimum atomic E-state index is -0.578. The van der Waals surface area contributed by atoms with Gasteiger partial charge in [-0.25, -0.2) is 0 Å². The van der Waals surface area contributed by atoms with E-state index in [0.29, 0.717) is 11.7 Å². The zero-order chi connectivity index (χ0) is 14.0. The van der Waals surface area contributed by atoms with Crippen molar-refractivity contribution in [3.05, 3.63) is 28.5 Å². The number of hydrogen-bond donors (Lipinski definition) is 1. The van der Waals surface area contributed by atoms with Gasteiger partial charge in [0.05, 0.1) is 17.1 Å². The lowest BCUT2D eigenvalue weighted by atomic mass is 10.00. The van der Waals surface area contributed by atoms with E-state index in [4.69, 9.17) is 15.0 Å². The van der Waals surface area contributed by atoms with Crippen LogP contribution in [0.4, 0.5) is 0 Å². The van der Waals surface area contributed by atoms with Crippen LogP contribution in [0.25, 0.3) is 11.5 Å². The Morgan fingerprint density at radius 1 is 1.47 bits per heavy atom. The van der Waals surface area contributed by atoms with Crippen LogP contribution >= 0.6 is 15.9 Å². The summed E-state index contributed by atoms with van der Waals surface area (Å²) < 4.78 is 11.3. The number of nitrogens with two attached hydrogens (primary N) is 1. The molecule has 5 nitrogen and oxygen atoms in total. The number of methoxy groups -OCH3 is 1. The standard InChI is InChI=1S/C13H16BrN3O2/c1-4-13(2,15)12-16-11(19-17-12)8-5-6-10(18-3)9(14)7-8/h5-7H,4,15H2,1-3H3. The number of rotatable bonds is 4. The van der Waals surface area contributed by atoms with Gasteiger partial charge in [0.1, 0.15) is 5.75 Å². The highest BCUT2D eigenvalue weighted by atomic mass is 79.9. The molecule has 2 rings (SSSR count). The van der Waals surface area contributed by atoms with Gasteiger partial charge >= 0.3 is 0 Å². The average Bonchev–Trinajstić information content (AvgIpc) is 2.89. The van der Waals surface area contributed by atoms with Crippen LogP contribution < -0.4 is 10.5 Å². The molecule has 2 N–H and O–H groups in total. The van der Waals surface area contributed by atoms with Crippen molar-refractivity contribution >= 4 is 15.9 Å². The van der Waals surface area contributed by atoms with Gasteiger partial charge in [-0.1, -0.05) is 12.1 Å². The molecule has 0 radical (unpaired) electrons. The first kappa shape index (κ1) is 14.0. The highest BCUT2D eigenvalue weighted by Crippen LogP contribution is 2.30. The van der Waals surface area contributed by atoms with E-state index in [1.165, 1.54) is 0 Å². The largest absolute Gasteiger partial charge is 0.496 e. The van der Waals surface area contributed by atoms with Crippen LogP contribution in [0.3, 0.4) is 0 Å². The Morgan fingerprint density at radius 3 is 2.79 bits per heavy atom. The molecule has 0 aliphatic carbocycles. The molecule has 102 valence electrons. The highest BCUT2D eigenvalue weighted by Gasteiger charge is 2.25. The minimum Gasteiger partial charge on any atom is -0.496 e. The predicted octanol–water partition coefficient (Wildman–Crippen LogP) is 3.09. The molecule has 6 heteroatoms. The van der Waals surface area contributed by atoms with Crippen molar-refractivity contribution in [3.8, 4) is 17.2 Å². The summed E-state index contributed by atoms with van der Waals surface area (Å²) in [5.41, 5.74) is 6.33. The summed E-state index contributed by atoms with van der Waals surface area (Å²) in [6.45, 7) is 3.87. The van der Waals surface area contributed by atoms with Gasteiger partial charge in [0.2, 0.25) is 0 Å². The second-order valence-electron chi connectivity index (χ2n) is 4.54. The molecule has 0 aliphatic rings. The van der Waals surface area contributed by atoms with Gasteiger partial charge < -0.3 is 15.0 Å². The van der Waals surface area contributed by atoms with Crippen LogP contribution in [-0.2, 0) is 5.54 Å². The number of halogens is 1. The lowest BCUT2D eigenvalue weighted by molar-refractivity contribution is 0.379. The van der Waals surface area contributed by atoms with Crippen molar-refractivity contribution in [1.82, 2.24) is 10.1 Å². The van der Waals surface area contributed by atoms with E-state index in [2.05, 4.69) is 26.1 Å². The quantitative estimate of drug-likeness (QED) is 0.934. The van der Waals surface area contributed by atoms with Crippen LogP contribution in [0.15, 0.2) is 27.2 Å². The molecular weight excluding hydrogens is 310 g/mol. The Hall–Kier alpha value is -1.40. The van der Waals surface area contributed by atoms with E-state index < -0.39 is 5.54 Å². The molecule has 2 aromatic rings. The average molecular weight is 326 g/mol. The predicted molar refractivity (Wildman–Crippen MR) is 75.8 cm³/mol. The first-order valence-electron chi connectivity index (χ1n) is 5.95. The van der Waals surface area contributed by atoms with E-state index in [0.717, 1.165) is 22.2 Å². The molecule has 0 saturated heterocycles. The second-order valence-corrected chi connectivity index (χ2v) is 5.40. The SMILES string of the molecule is CCC(C)(N)c1noc(-c2ccc(OC)c(Br)c2)n1. The zero-order valence-corrected chi connectivity index (χ0v) is 12.7. The lowest BCUT2D eigenvalue weighted by Gasteiger charge is -2.16. The van der Waals surface area contributed by atoms with Crippen molar-refractivity contribution in [2.45, 2.75) is 25.8 Å². The topological polar surface area (TPSA) is 74.2 Å². The molecule has 0 spiro atoms. The number of hydrogen-bond acceptors (Lipinski definition) is 5. The Bertz CT molecular complexity index is 581. The molecule has 1 aromatic heterocycles. The normalized spacial score (nSPS) is 14.2. The van der Waals surface area contributed by atoms with Crippen molar-refractivity contribution in [3.63, 3.8) is 0 Å². The third-order valence-electron chi connectivity index (χ3n) is 3.07. The van der Waals surface area contributed by atoms with Gasteiger partial charge in [0.15, 0.2) is 5.82 Å². The number of aromatic nitrogens is 2. The fraction of sp³-hybridized carbons (Fsp3) is 0.385. The third-order valence-corrected chi connectivity index (χ3v) is 3.69. The molecule has 0 aliphatic heterocycles.